The number of hydrogen-bond acceptors (Lipinski definition) is 4. The van der Waals surface area contributed by atoms with Crippen LogP contribution in [0, 0.1) is 0 Å². The molecule has 19 heavy (non-hydrogen) atoms. The number of methoxy groups -OCH3 is 1. The predicted octanol–water partition coefficient (Wildman–Crippen LogP) is 2.87. The van der Waals surface area contributed by atoms with Crippen molar-refractivity contribution in [2.45, 2.75) is 26.7 Å². The molecule has 1 aliphatic heterocycles. The van der Waals surface area contributed by atoms with E-state index in [1.165, 1.54) is 13.2 Å². The molecule has 0 aliphatic carbocycles. The van der Waals surface area contributed by atoms with Crippen molar-refractivity contribution in [2.75, 3.05) is 13.7 Å². The van der Waals surface area contributed by atoms with Crippen LogP contribution in [0.15, 0.2) is 17.7 Å². The van der Waals surface area contributed by atoms with Gasteiger partial charge < -0.3 is 14.6 Å². The van der Waals surface area contributed by atoms with E-state index in [2.05, 4.69) is 0 Å². The third-order valence-corrected chi connectivity index (χ3v) is 3.11. The SMILES string of the molecule is COc1cc(O)c(CC=C(C)C)c2c1C(=O)CCO2. The first-order valence-electron chi connectivity index (χ1n) is 6.26. The summed E-state index contributed by atoms with van der Waals surface area (Å²) in [6.45, 7) is 4.32. The van der Waals surface area contributed by atoms with E-state index in [0.717, 1.165) is 5.57 Å². The van der Waals surface area contributed by atoms with E-state index in [9.17, 15) is 9.90 Å². The van der Waals surface area contributed by atoms with E-state index in [-0.39, 0.29) is 11.5 Å². The zero-order valence-corrected chi connectivity index (χ0v) is 11.4. The molecule has 1 heterocycles. The number of benzene rings is 1. The maximum atomic E-state index is 12.0. The maximum Gasteiger partial charge on any atom is 0.173 e. The van der Waals surface area contributed by atoms with Crippen LogP contribution in [0.1, 0.15) is 36.2 Å². The number of ketones is 1. The van der Waals surface area contributed by atoms with Crippen LogP contribution in [0.5, 0.6) is 17.2 Å². The minimum Gasteiger partial charge on any atom is -0.507 e. The molecule has 1 aromatic rings. The fourth-order valence-corrected chi connectivity index (χ4v) is 2.12. The van der Waals surface area contributed by atoms with Gasteiger partial charge in [-0.05, 0) is 20.3 Å². The van der Waals surface area contributed by atoms with Gasteiger partial charge in [-0.3, -0.25) is 4.79 Å². The Morgan fingerprint density at radius 3 is 2.89 bits per heavy atom. The summed E-state index contributed by atoms with van der Waals surface area (Å²) in [5, 5.41) is 10.1. The van der Waals surface area contributed by atoms with Crippen LogP contribution < -0.4 is 9.47 Å². The number of aromatic hydroxyl groups is 1. The number of carbonyl (C=O) groups excluding carboxylic acids is 1. The highest BCUT2D eigenvalue weighted by Gasteiger charge is 2.27. The van der Waals surface area contributed by atoms with E-state index < -0.39 is 0 Å². The fraction of sp³-hybridized carbons (Fsp3) is 0.400. The van der Waals surface area contributed by atoms with Crippen molar-refractivity contribution >= 4 is 5.78 Å². The molecule has 102 valence electrons. The standard InChI is InChI=1S/C15H18O4/c1-9(2)4-5-10-12(17)8-13(18-3)14-11(16)6-7-19-15(10)14/h4,8,17H,5-7H2,1-3H3. The Bertz CT molecular complexity index is 540. The summed E-state index contributed by atoms with van der Waals surface area (Å²) in [5.74, 6) is 0.933. The van der Waals surface area contributed by atoms with Crippen LogP contribution in [0.25, 0.3) is 0 Å². The number of ether oxygens (including phenoxy) is 2. The molecule has 0 amide bonds. The average molecular weight is 262 g/mol. The van der Waals surface area contributed by atoms with Gasteiger partial charge in [-0.15, -0.1) is 0 Å². The Hall–Kier alpha value is -1.97. The fourth-order valence-electron chi connectivity index (χ4n) is 2.12. The molecule has 0 radical (unpaired) electrons. The van der Waals surface area contributed by atoms with Crippen LogP contribution in [0.2, 0.25) is 0 Å². The second-order valence-corrected chi connectivity index (χ2v) is 4.79. The number of carbonyl (C=O) groups is 1. The van der Waals surface area contributed by atoms with Gasteiger partial charge in [0, 0.05) is 18.1 Å². The molecular formula is C15H18O4. The molecule has 1 aliphatic rings. The Morgan fingerprint density at radius 1 is 1.53 bits per heavy atom. The zero-order valence-electron chi connectivity index (χ0n) is 11.4. The van der Waals surface area contributed by atoms with Crippen molar-refractivity contribution in [1.82, 2.24) is 0 Å². The molecule has 0 saturated heterocycles. The van der Waals surface area contributed by atoms with E-state index in [4.69, 9.17) is 9.47 Å². The number of Topliss-reactive ketones (excluding diaryl/α,β-unsaturated/α-hetero) is 1. The van der Waals surface area contributed by atoms with E-state index in [0.29, 0.717) is 42.1 Å². The van der Waals surface area contributed by atoms with E-state index in [1.807, 2.05) is 19.9 Å². The van der Waals surface area contributed by atoms with Crippen LogP contribution in [0.3, 0.4) is 0 Å². The van der Waals surface area contributed by atoms with Gasteiger partial charge in [0.25, 0.3) is 0 Å². The van der Waals surface area contributed by atoms with Crippen LogP contribution in [-0.4, -0.2) is 24.6 Å². The first kappa shape index (κ1) is 13.5. The van der Waals surface area contributed by atoms with Crippen molar-refractivity contribution in [1.29, 1.82) is 0 Å². The number of fused-ring (bicyclic) bond motifs is 1. The van der Waals surface area contributed by atoms with Gasteiger partial charge in [-0.1, -0.05) is 11.6 Å². The number of phenols is 1. The van der Waals surface area contributed by atoms with Gasteiger partial charge in [-0.2, -0.15) is 0 Å². The van der Waals surface area contributed by atoms with Crippen molar-refractivity contribution in [3.05, 3.63) is 28.8 Å². The molecule has 4 nitrogen and oxygen atoms in total. The molecule has 0 aromatic heterocycles. The number of hydrogen-bond donors (Lipinski definition) is 1. The molecule has 4 heteroatoms. The molecule has 2 rings (SSSR count). The molecular weight excluding hydrogens is 244 g/mol. The summed E-state index contributed by atoms with van der Waals surface area (Å²) < 4.78 is 10.8. The first-order valence-corrected chi connectivity index (χ1v) is 6.26. The van der Waals surface area contributed by atoms with Gasteiger partial charge in [0.05, 0.1) is 13.7 Å². The quantitative estimate of drug-likeness (QED) is 0.851. The van der Waals surface area contributed by atoms with Crippen molar-refractivity contribution < 1.29 is 19.4 Å². The largest absolute Gasteiger partial charge is 0.507 e. The smallest absolute Gasteiger partial charge is 0.173 e. The third kappa shape index (κ3) is 2.57. The predicted molar refractivity (Wildman–Crippen MR) is 72.2 cm³/mol. The molecule has 1 N–H and O–H groups in total. The normalized spacial score (nSPS) is 13.5. The molecule has 0 atom stereocenters. The highest BCUT2D eigenvalue weighted by Crippen LogP contribution is 2.41. The second-order valence-electron chi connectivity index (χ2n) is 4.79. The summed E-state index contributed by atoms with van der Waals surface area (Å²) >= 11 is 0. The van der Waals surface area contributed by atoms with Gasteiger partial charge >= 0.3 is 0 Å². The van der Waals surface area contributed by atoms with Crippen molar-refractivity contribution in [3.8, 4) is 17.2 Å². The summed E-state index contributed by atoms with van der Waals surface area (Å²) in [6, 6.07) is 1.49. The number of rotatable bonds is 3. The lowest BCUT2D eigenvalue weighted by molar-refractivity contribution is 0.0928. The third-order valence-electron chi connectivity index (χ3n) is 3.11. The van der Waals surface area contributed by atoms with Crippen LogP contribution in [0.4, 0.5) is 0 Å². The van der Waals surface area contributed by atoms with Gasteiger partial charge in [0.15, 0.2) is 5.78 Å². The lowest BCUT2D eigenvalue weighted by Gasteiger charge is -2.22. The molecule has 0 saturated carbocycles. The Morgan fingerprint density at radius 2 is 2.26 bits per heavy atom. The summed E-state index contributed by atoms with van der Waals surface area (Å²) in [5.41, 5.74) is 2.24. The van der Waals surface area contributed by atoms with Gasteiger partial charge in [-0.25, -0.2) is 0 Å². The van der Waals surface area contributed by atoms with Crippen LogP contribution >= 0.6 is 0 Å². The van der Waals surface area contributed by atoms with E-state index >= 15 is 0 Å². The highest BCUT2D eigenvalue weighted by atomic mass is 16.5. The second kappa shape index (κ2) is 5.34. The average Bonchev–Trinajstić information content (AvgIpc) is 2.36. The van der Waals surface area contributed by atoms with E-state index in [1.54, 1.807) is 0 Å². The van der Waals surface area contributed by atoms with Crippen molar-refractivity contribution in [2.24, 2.45) is 0 Å². The Labute approximate surface area is 112 Å². The van der Waals surface area contributed by atoms with Crippen molar-refractivity contribution in [3.63, 3.8) is 0 Å². The lowest BCUT2D eigenvalue weighted by Crippen LogP contribution is -2.18. The lowest BCUT2D eigenvalue weighted by atomic mass is 9.97. The van der Waals surface area contributed by atoms with Gasteiger partial charge in [0.1, 0.15) is 22.8 Å². The monoisotopic (exact) mass is 262 g/mol. The first-order chi connectivity index (χ1) is 9.04. The zero-order chi connectivity index (χ0) is 14.0. The minimum atomic E-state index is -0.00319. The number of allylic oxidation sites excluding steroid dienone is 2. The molecule has 0 spiro atoms. The number of phenolic OH excluding ortho intramolecular Hbond substituents is 1. The Kier molecular flexibility index (Phi) is 3.79. The summed E-state index contributed by atoms with van der Waals surface area (Å²) in [6.07, 6.45) is 2.87. The topological polar surface area (TPSA) is 55.8 Å². The summed E-state index contributed by atoms with van der Waals surface area (Å²) in [4.78, 5) is 12.0. The Balaban J connectivity index is 2.58. The molecule has 0 unspecified atom stereocenters. The molecule has 1 aromatic carbocycles. The molecule has 0 fully saturated rings. The highest BCUT2D eigenvalue weighted by molar-refractivity contribution is 6.03. The molecule has 0 bridgehead atoms. The van der Waals surface area contributed by atoms with Gasteiger partial charge in [0.2, 0.25) is 0 Å². The summed E-state index contributed by atoms with van der Waals surface area (Å²) in [7, 11) is 1.48. The maximum absolute atomic E-state index is 12.0. The van der Waals surface area contributed by atoms with Crippen LogP contribution in [-0.2, 0) is 6.42 Å². The minimum absolute atomic E-state index is 0.00319.